The summed E-state index contributed by atoms with van der Waals surface area (Å²) in [5.74, 6) is 1.73. The molecule has 0 radical (unpaired) electrons. The summed E-state index contributed by atoms with van der Waals surface area (Å²) < 4.78 is 11.2. The summed E-state index contributed by atoms with van der Waals surface area (Å²) in [7, 11) is 1.50. The van der Waals surface area contributed by atoms with E-state index in [1.807, 2.05) is 6.07 Å². The van der Waals surface area contributed by atoms with Gasteiger partial charge in [-0.25, -0.2) is 14.8 Å². The van der Waals surface area contributed by atoms with E-state index in [0.717, 1.165) is 55.9 Å². The topological polar surface area (TPSA) is 114 Å². The van der Waals surface area contributed by atoms with Gasteiger partial charge < -0.3 is 19.3 Å². The van der Waals surface area contributed by atoms with Crippen LogP contribution in [0.3, 0.4) is 0 Å². The molecule has 9 nitrogen and oxygen atoms in total. The first-order valence-corrected chi connectivity index (χ1v) is 13.5. The van der Waals surface area contributed by atoms with Gasteiger partial charge in [-0.05, 0) is 43.7 Å². The Morgan fingerprint density at radius 2 is 1.87 bits per heavy atom. The summed E-state index contributed by atoms with van der Waals surface area (Å²) in [4.78, 5) is 26.6. The quantitative estimate of drug-likeness (QED) is 0.268. The number of ether oxygens (including phenoxy) is 1. The average Bonchev–Trinajstić information content (AvgIpc) is 3.71. The molecule has 4 aromatic heterocycles. The van der Waals surface area contributed by atoms with Crippen molar-refractivity contribution >= 4 is 52.1 Å². The largest absolute Gasteiger partial charge is 0.494 e. The lowest BCUT2D eigenvalue weighted by Crippen LogP contribution is -2.33. The van der Waals surface area contributed by atoms with Gasteiger partial charge in [0, 0.05) is 48.6 Å². The van der Waals surface area contributed by atoms with Gasteiger partial charge in [0.2, 0.25) is 0 Å². The first-order chi connectivity index (χ1) is 18.9. The van der Waals surface area contributed by atoms with Gasteiger partial charge in [0.05, 0.1) is 22.7 Å². The Bertz CT molecular complexity index is 1570. The molecule has 1 saturated heterocycles. The monoisotopic (exact) mass is 565 g/mol. The molecule has 11 heteroatoms. The van der Waals surface area contributed by atoms with Crippen LogP contribution in [0.4, 0.5) is 5.82 Å². The van der Waals surface area contributed by atoms with Crippen LogP contribution >= 0.6 is 23.2 Å². The van der Waals surface area contributed by atoms with E-state index in [2.05, 4.69) is 32.2 Å². The number of carboxylic acids is 1. The molecule has 0 atom stereocenters. The first-order valence-electron chi connectivity index (χ1n) is 12.7. The smallest absolute Gasteiger partial charge is 0.354 e. The van der Waals surface area contributed by atoms with Crippen LogP contribution in [0.2, 0.25) is 10.0 Å². The van der Waals surface area contributed by atoms with E-state index in [1.165, 1.54) is 13.2 Å². The molecule has 0 aromatic carbocycles. The maximum Gasteiger partial charge on any atom is 0.354 e. The van der Waals surface area contributed by atoms with Crippen LogP contribution in [0.25, 0.3) is 28.4 Å². The van der Waals surface area contributed by atoms with E-state index < -0.39 is 5.97 Å². The molecule has 0 bridgehead atoms. The molecule has 200 valence electrons. The first kappa shape index (κ1) is 25.6. The Hall–Kier alpha value is -3.69. The number of aromatic carboxylic acids is 1. The number of rotatable bonds is 7. The van der Waals surface area contributed by atoms with Gasteiger partial charge in [0.15, 0.2) is 5.69 Å². The highest BCUT2D eigenvalue weighted by molar-refractivity contribution is 6.39. The molecule has 39 heavy (non-hydrogen) atoms. The van der Waals surface area contributed by atoms with Crippen molar-refractivity contribution in [3.05, 3.63) is 63.7 Å². The van der Waals surface area contributed by atoms with E-state index in [0.29, 0.717) is 49.9 Å². The second-order valence-electron chi connectivity index (χ2n) is 9.80. The molecule has 4 aromatic rings. The molecule has 6 rings (SSSR count). The zero-order valence-electron chi connectivity index (χ0n) is 21.1. The fourth-order valence-corrected chi connectivity index (χ4v) is 5.53. The number of piperidine rings is 1. The van der Waals surface area contributed by atoms with Crippen molar-refractivity contribution in [2.24, 2.45) is 5.92 Å². The number of fused-ring (bicyclic) bond motifs is 1. The summed E-state index contributed by atoms with van der Waals surface area (Å²) in [6, 6.07) is 5.07. The number of hydrogen-bond donors (Lipinski definition) is 1. The lowest BCUT2D eigenvalue weighted by molar-refractivity contribution is 0.0690. The van der Waals surface area contributed by atoms with Crippen LogP contribution in [0.15, 0.2) is 41.2 Å². The molecule has 2 fully saturated rings. The average molecular weight is 566 g/mol. The van der Waals surface area contributed by atoms with E-state index >= 15 is 0 Å². The number of allylic oxidation sites excluding steroid dienone is 1. The molecule has 5 heterocycles. The van der Waals surface area contributed by atoms with Crippen molar-refractivity contribution in [2.45, 2.75) is 31.6 Å². The van der Waals surface area contributed by atoms with Crippen molar-refractivity contribution in [1.29, 1.82) is 0 Å². The van der Waals surface area contributed by atoms with Crippen LogP contribution in [-0.2, 0) is 0 Å². The number of carboxylic acid groups (broad SMARTS) is 1. The SMILES string of the molecule is COc1cc(C(=O)O)nc2ccc(N3CCC(/C=C/c4c(-c5c(Cl)cncc5Cl)noc4C4CC4)CC3)nc12. The van der Waals surface area contributed by atoms with E-state index in [9.17, 15) is 9.90 Å². The molecule has 1 aliphatic heterocycles. The molecule has 0 unspecified atom stereocenters. The van der Waals surface area contributed by atoms with Crippen molar-refractivity contribution < 1.29 is 19.2 Å². The second-order valence-corrected chi connectivity index (χ2v) is 10.6. The maximum atomic E-state index is 11.4. The van der Waals surface area contributed by atoms with Crippen molar-refractivity contribution in [1.82, 2.24) is 20.1 Å². The molecular weight excluding hydrogens is 541 g/mol. The van der Waals surface area contributed by atoms with Gasteiger partial charge in [-0.15, -0.1) is 0 Å². The van der Waals surface area contributed by atoms with Gasteiger partial charge in [-0.2, -0.15) is 0 Å². The zero-order chi connectivity index (χ0) is 27.1. The molecule has 0 amide bonds. The Kier molecular flexibility index (Phi) is 6.86. The van der Waals surface area contributed by atoms with Gasteiger partial charge in [-0.3, -0.25) is 4.98 Å². The predicted molar refractivity (Wildman–Crippen MR) is 149 cm³/mol. The van der Waals surface area contributed by atoms with Crippen molar-refractivity contribution in [3.8, 4) is 17.0 Å². The normalized spacial score (nSPS) is 16.3. The highest BCUT2D eigenvalue weighted by atomic mass is 35.5. The van der Waals surface area contributed by atoms with Gasteiger partial charge >= 0.3 is 5.97 Å². The number of halogens is 2. The summed E-state index contributed by atoms with van der Waals surface area (Å²) in [5.41, 5.74) is 3.18. The lowest BCUT2D eigenvalue weighted by Gasteiger charge is -2.31. The summed E-state index contributed by atoms with van der Waals surface area (Å²) in [5, 5.41) is 14.6. The molecular formula is C28H25Cl2N5O4. The highest BCUT2D eigenvalue weighted by Gasteiger charge is 2.33. The Labute approximate surface area is 234 Å². The molecule has 1 N–H and O–H groups in total. The fourth-order valence-electron chi connectivity index (χ4n) is 4.99. The summed E-state index contributed by atoms with van der Waals surface area (Å²) in [6.07, 6.45) is 11.5. The Morgan fingerprint density at radius 3 is 2.54 bits per heavy atom. The number of anilines is 1. The molecule has 1 saturated carbocycles. The standard InChI is InChI=1S/C28H25Cl2N5O4/c1-38-22-12-21(28(36)37)32-20-6-7-23(33-26(20)22)35-10-8-15(9-11-35)2-5-17-25(34-39-27(17)16-3-4-16)24-18(29)13-31-14-19(24)30/h2,5-7,12-16H,3-4,8-11H2,1H3,(H,36,37)/b5-2+. The van der Waals surface area contributed by atoms with Crippen molar-refractivity contribution in [2.75, 3.05) is 25.1 Å². The van der Waals surface area contributed by atoms with Crippen LogP contribution in [0.5, 0.6) is 5.75 Å². The minimum absolute atomic E-state index is 0.0733. The highest BCUT2D eigenvalue weighted by Crippen LogP contribution is 2.46. The minimum atomic E-state index is -1.11. The number of aromatic nitrogens is 4. The minimum Gasteiger partial charge on any atom is -0.494 e. The predicted octanol–water partition coefficient (Wildman–Crippen LogP) is 6.50. The van der Waals surface area contributed by atoms with Crippen LogP contribution in [-0.4, -0.2) is 51.4 Å². The number of pyridine rings is 3. The Balaban J connectivity index is 1.20. The third-order valence-corrected chi connectivity index (χ3v) is 7.81. The molecule has 1 aliphatic carbocycles. The van der Waals surface area contributed by atoms with Crippen LogP contribution in [0.1, 0.15) is 53.4 Å². The third kappa shape index (κ3) is 5.04. The van der Waals surface area contributed by atoms with Gasteiger partial charge in [-0.1, -0.05) is 40.5 Å². The molecule has 0 spiro atoms. The number of nitrogens with zero attached hydrogens (tertiary/aromatic N) is 5. The number of carbonyl (C=O) groups is 1. The van der Waals surface area contributed by atoms with E-state index in [1.54, 1.807) is 18.5 Å². The second kappa shape index (κ2) is 10.5. The number of methoxy groups -OCH3 is 1. The van der Waals surface area contributed by atoms with Crippen LogP contribution in [0, 0.1) is 5.92 Å². The summed E-state index contributed by atoms with van der Waals surface area (Å²) >= 11 is 12.9. The van der Waals surface area contributed by atoms with Gasteiger partial charge in [0.25, 0.3) is 0 Å². The lowest BCUT2D eigenvalue weighted by atomic mass is 9.94. The third-order valence-electron chi connectivity index (χ3n) is 7.23. The van der Waals surface area contributed by atoms with Crippen LogP contribution < -0.4 is 9.64 Å². The maximum absolute atomic E-state index is 11.4. The molecule has 2 aliphatic rings. The fraction of sp³-hybridized carbons (Fsp3) is 0.321. The van der Waals surface area contributed by atoms with E-state index in [4.69, 9.17) is 37.4 Å². The Morgan fingerprint density at radius 1 is 1.13 bits per heavy atom. The zero-order valence-corrected chi connectivity index (χ0v) is 22.6. The van der Waals surface area contributed by atoms with Crippen molar-refractivity contribution in [3.63, 3.8) is 0 Å². The summed E-state index contributed by atoms with van der Waals surface area (Å²) in [6.45, 7) is 1.65. The number of hydrogen-bond acceptors (Lipinski definition) is 8. The van der Waals surface area contributed by atoms with Gasteiger partial charge in [0.1, 0.15) is 28.5 Å². The van der Waals surface area contributed by atoms with E-state index in [-0.39, 0.29) is 5.69 Å².